The lowest BCUT2D eigenvalue weighted by Crippen LogP contribution is -2.30. The molecule has 0 amide bonds. The first-order valence-corrected chi connectivity index (χ1v) is 26.2. The van der Waals surface area contributed by atoms with Crippen LogP contribution < -0.4 is 0 Å². The van der Waals surface area contributed by atoms with E-state index in [9.17, 15) is 0 Å². The fourth-order valence-corrected chi connectivity index (χ4v) is 13.8. The summed E-state index contributed by atoms with van der Waals surface area (Å²) in [7, 11) is 0. The van der Waals surface area contributed by atoms with Gasteiger partial charge in [0, 0.05) is 64.1 Å². The molecule has 5 aliphatic carbocycles. The topological polar surface area (TPSA) is 38.7 Å². The number of para-hydroxylation sites is 1. The number of hydrogen-bond acceptors (Lipinski definition) is 3. The fraction of sp³-hybridized carbons (Fsp3) is 0.0694. The summed E-state index contributed by atoms with van der Waals surface area (Å²) in [4.78, 5) is 14.4. The Bertz CT molecular complexity index is 4520. The van der Waals surface area contributed by atoms with Crippen LogP contribution in [0.3, 0.4) is 0 Å². The van der Waals surface area contributed by atoms with E-state index in [0.29, 0.717) is 0 Å². The van der Waals surface area contributed by atoms with E-state index in [4.69, 9.17) is 4.98 Å². The van der Waals surface area contributed by atoms with Crippen LogP contribution in [0.4, 0.5) is 0 Å². The predicted molar refractivity (Wildman–Crippen MR) is 311 cm³/mol. The molecule has 0 saturated carbocycles. The highest BCUT2D eigenvalue weighted by Crippen LogP contribution is 2.56. The van der Waals surface area contributed by atoms with Gasteiger partial charge in [0.1, 0.15) is 0 Å². The maximum Gasteiger partial charge on any atom is 0.0759 e. The highest BCUT2D eigenvalue weighted by atomic mass is 14.7. The Morgan fingerprint density at radius 2 is 1.08 bits per heavy atom. The van der Waals surface area contributed by atoms with Crippen molar-refractivity contribution in [1.29, 1.82) is 0 Å². The van der Waals surface area contributed by atoms with Crippen LogP contribution in [0.15, 0.2) is 259 Å². The summed E-state index contributed by atoms with van der Waals surface area (Å²) >= 11 is 0. The molecule has 0 N–H and O–H groups in total. The number of pyridine rings is 3. The molecule has 0 fully saturated rings. The summed E-state index contributed by atoms with van der Waals surface area (Å²) in [6.45, 7) is 4.72. The van der Waals surface area contributed by atoms with Gasteiger partial charge in [-0.05, 0) is 158 Å². The van der Waals surface area contributed by atoms with Crippen molar-refractivity contribution < 1.29 is 0 Å². The average Bonchev–Trinajstić information content (AvgIpc) is 3.77. The zero-order valence-corrected chi connectivity index (χ0v) is 41.5. The predicted octanol–water partition coefficient (Wildman–Crippen LogP) is 17.9. The van der Waals surface area contributed by atoms with E-state index in [0.717, 1.165) is 22.3 Å². The van der Waals surface area contributed by atoms with Crippen molar-refractivity contribution in [3.05, 3.63) is 282 Å². The van der Waals surface area contributed by atoms with Gasteiger partial charge in [-0.2, -0.15) is 0 Å². The van der Waals surface area contributed by atoms with Gasteiger partial charge >= 0.3 is 0 Å². The van der Waals surface area contributed by atoms with E-state index < -0.39 is 0 Å². The molecule has 16 rings (SSSR count). The summed E-state index contributed by atoms with van der Waals surface area (Å²) in [6, 6.07) is 61.1. The van der Waals surface area contributed by atoms with E-state index in [1.807, 2.05) is 36.9 Å². The minimum atomic E-state index is -0.216. The van der Waals surface area contributed by atoms with Crippen LogP contribution in [0.1, 0.15) is 36.1 Å². The van der Waals surface area contributed by atoms with Crippen LogP contribution in [0.25, 0.3) is 110 Å². The molecule has 3 heterocycles. The molecule has 3 heteroatoms. The van der Waals surface area contributed by atoms with Gasteiger partial charge in [-0.15, -0.1) is 0 Å². The number of allylic oxidation sites excluding steroid dienone is 14. The molecule has 0 spiro atoms. The third kappa shape index (κ3) is 6.19. The van der Waals surface area contributed by atoms with Gasteiger partial charge in [0.15, 0.2) is 0 Å². The van der Waals surface area contributed by atoms with E-state index in [1.165, 1.54) is 132 Å². The lowest BCUT2D eigenvalue weighted by atomic mass is 9.61. The monoisotopic (exact) mass is 953 g/mol. The Balaban J connectivity index is 0.886. The van der Waals surface area contributed by atoms with E-state index in [2.05, 4.69) is 224 Å². The van der Waals surface area contributed by atoms with Gasteiger partial charge < -0.3 is 0 Å². The first-order chi connectivity index (χ1) is 36.9. The summed E-state index contributed by atoms with van der Waals surface area (Å²) in [5.74, 6) is 0.418. The molecular formula is C72H47N3. The number of benzene rings is 8. The van der Waals surface area contributed by atoms with Crippen molar-refractivity contribution in [2.24, 2.45) is 11.8 Å². The minimum Gasteiger partial charge on any atom is -0.264 e. The van der Waals surface area contributed by atoms with Gasteiger partial charge in [-0.25, -0.2) is 4.98 Å². The highest BCUT2D eigenvalue weighted by molar-refractivity contribution is 6.27. The van der Waals surface area contributed by atoms with Crippen molar-refractivity contribution >= 4 is 54.4 Å². The molecule has 0 aliphatic heterocycles. The average molecular weight is 954 g/mol. The normalized spacial score (nSPS) is 17.7. The minimum absolute atomic E-state index is 0.198. The summed E-state index contributed by atoms with van der Waals surface area (Å²) in [6.07, 6.45) is 26.5. The quantitative estimate of drug-likeness (QED) is 0.156. The summed E-state index contributed by atoms with van der Waals surface area (Å²) in [5, 5.41) is 8.76. The van der Waals surface area contributed by atoms with Crippen molar-refractivity contribution in [3.63, 3.8) is 0 Å². The van der Waals surface area contributed by atoms with Crippen LogP contribution >= 0.6 is 0 Å². The van der Waals surface area contributed by atoms with Crippen LogP contribution in [-0.2, 0) is 5.41 Å². The smallest absolute Gasteiger partial charge is 0.0759 e. The Morgan fingerprint density at radius 1 is 0.440 bits per heavy atom. The SMILES string of the molecule is CC1(C)c2ccccc2-c2nc3ccccc3c(-c3ccc(-c4cc(C5=CC=C6C=CC7=C(c8cccnc8)C=CC8=CC=C5C6C87)cc(-c5ccc6ccc7c(-c8cccnc8)ccc8ccc5c6c87)c4)cc3)c21. The first-order valence-electron chi connectivity index (χ1n) is 26.2. The Kier molecular flexibility index (Phi) is 8.92. The van der Waals surface area contributed by atoms with Gasteiger partial charge in [0.25, 0.3) is 0 Å². The molecule has 11 aromatic rings. The number of hydrogen-bond donors (Lipinski definition) is 0. The molecule has 5 aliphatic rings. The van der Waals surface area contributed by atoms with Gasteiger partial charge in [0.2, 0.25) is 0 Å². The molecule has 8 aromatic carbocycles. The fourth-order valence-electron chi connectivity index (χ4n) is 13.8. The van der Waals surface area contributed by atoms with Crippen LogP contribution in [-0.4, -0.2) is 15.0 Å². The molecule has 75 heavy (non-hydrogen) atoms. The highest BCUT2D eigenvalue weighted by Gasteiger charge is 2.42. The van der Waals surface area contributed by atoms with Gasteiger partial charge in [0.05, 0.1) is 11.2 Å². The zero-order chi connectivity index (χ0) is 49.5. The van der Waals surface area contributed by atoms with Crippen molar-refractivity contribution in [2.75, 3.05) is 0 Å². The standard InChI is InChI=1S/C72H47N3/c1-72(2)63-13-5-3-11-61(63)71-70(72)69(62-12-4-6-14-64(62)75-71)47-17-15-42(16-18-47)50-37-51(55-29-21-45-23-31-57-53(48-9-7-35-73-40-48)27-19-43-25-33-59(55)67(45)65(43)57)39-52(38-50)56-30-22-46-24-32-58-54(49-10-8-36-74-41-49)28-20-44-26-34-60(56)68(46)66(44)58/h3-41,65,67H,1-2H3. The number of aromatic nitrogens is 3. The third-order valence-corrected chi connectivity index (χ3v) is 17.2. The van der Waals surface area contributed by atoms with Gasteiger partial charge in [-0.1, -0.05) is 190 Å². The van der Waals surface area contributed by atoms with Crippen molar-refractivity contribution in [1.82, 2.24) is 15.0 Å². The zero-order valence-electron chi connectivity index (χ0n) is 41.5. The molecule has 2 atom stereocenters. The molecule has 2 unspecified atom stereocenters. The van der Waals surface area contributed by atoms with Crippen LogP contribution in [0.5, 0.6) is 0 Å². The van der Waals surface area contributed by atoms with Crippen molar-refractivity contribution in [2.45, 2.75) is 19.3 Å². The van der Waals surface area contributed by atoms with E-state index in [1.54, 1.807) is 0 Å². The molecule has 3 nitrogen and oxygen atoms in total. The molecule has 0 radical (unpaired) electrons. The number of nitrogens with zero attached hydrogens (tertiary/aromatic N) is 3. The summed E-state index contributed by atoms with van der Waals surface area (Å²) < 4.78 is 0. The first kappa shape index (κ1) is 42.2. The Hall–Kier alpha value is -9.31. The lowest BCUT2D eigenvalue weighted by molar-refractivity contribution is 0.569. The Morgan fingerprint density at radius 3 is 1.85 bits per heavy atom. The van der Waals surface area contributed by atoms with Crippen LogP contribution in [0.2, 0.25) is 0 Å². The van der Waals surface area contributed by atoms with E-state index >= 15 is 0 Å². The third-order valence-electron chi connectivity index (χ3n) is 17.2. The van der Waals surface area contributed by atoms with Crippen molar-refractivity contribution in [3.8, 4) is 55.8 Å². The second-order valence-corrected chi connectivity index (χ2v) is 21.4. The maximum absolute atomic E-state index is 5.35. The molecular weight excluding hydrogens is 907 g/mol. The Labute approximate surface area is 435 Å². The lowest BCUT2D eigenvalue weighted by Gasteiger charge is -2.42. The van der Waals surface area contributed by atoms with Crippen LogP contribution in [0, 0.1) is 11.8 Å². The summed E-state index contributed by atoms with van der Waals surface area (Å²) in [5.41, 5.74) is 25.7. The second-order valence-electron chi connectivity index (χ2n) is 21.4. The molecule has 0 saturated heterocycles. The second kappa shape index (κ2) is 15.8. The number of rotatable bonds is 6. The maximum atomic E-state index is 5.35. The van der Waals surface area contributed by atoms with Gasteiger partial charge in [-0.3, -0.25) is 9.97 Å². The van der Waals surface area contributed by atoms with E-state index in [-0.39, 0.29) is 17.3 Å². The molecule has 0 bridgehead atoms. The largest absolute Gasteiger partial charge is 0.264 e. The number of fused-ring (bicyclic) bond motifs is 4. The molecule has 3 aromatic heterocycles. The molecule has 350 valence electrons.